The van der Waals surface area contributed by atoms with E-state index in [2.05, 4.69) is 26.2 Å². The first-order valence-electron chi connectivity index (χ1n) is 7.66. The number of halogens is 1. The maximum absolute atomic E-state index is 6.19. The molecule has 0 amide bonds. The van der Waals surface area contributed by atoms with Crippen LogP contribution in [0.25, 0.3) is 0 Å². The number of alkyl halides is 1. The van der Waals surface area contributed by atoms with Gasteiger partial charge in [0.05, 0.1) is 5.69 Å². The summed E-state index contributed by atoms with van der Waals surface area (Å²) in [6.45, 7) is 7.56. The second-order valence-corrected chi connectivity index (χ2v) is 7.76. The zero-order valence-corrected chi connectivity index (χ0v) is 14.4. The largest absolute Gasteiger partial charge is 0.368 e. The second kappa shape index (κ2) is 6.76. The highest BCUT2D eigenvalue weighted by Gasteiger charge is 2.42. The van der Waals surface area contributed by atoms with Gasteiger partial charge in [-0.2, -0.15) is 0 Å². The molecule has 1 aliphatic carbocycles. The first-order valence-corrected chi connectivity index (χ1v) is 9.07. The molecule has 0 saturated heterocycles. The van der Waals surface area contributed by atoms with Gasteiger partial charge in [0.25, 0.3) is 0 Å². The highest BCUT2D eigenvalue weighted by atomic mass is 35.5. The Morgan fingerprint density at radius 3 is 2.60 bits per heavy atom. The predicted molar refractivity (Wildman–Crippen MR) is 86.7 cm³/mol. The van der Waals surface area contributed by atoms with Crippen molar-refractivity contribution < 1.29 is 4.74 Å². The van der Waals surface area contributed by atoms with Crippen molar-refractivity contribution in [2.24, 2.45) is 5.41 Å². The molecule has 1 saturated carbocycles. The molecule has 2 nitrogen and oxygen atoms in total. The Bertz CT molecular complexity index is 420. The van der Waals surface area contributed by atoms with Crippen LogP contribution in [0.2, 0.25) is 0 Å². The van der Waals surface area contributed by atoms with Gasteiger partial charge in [-0.05, 0) is 50.9 Å². The Balaban J connectivity index is 2.14. The van der Waals surface area contributed by atoms with E-state index in [1.165, 1.54) is 23.5 Å². The van der Waals surface area contributed by atoms with Gasteiger partial charge in [0, 0.05) is 17.9 Å². The van der Waals surface area contributed by atoms with Gasteiger partial charge in [-0.3, -0.25) is 0 Å². The van der Waals surface area contributed by atoms with Crippen LogP contribution in [0.4, 0.5) is 0 Å². The van der Waals surface area contributed by atoms with Gasteiger partial charge >= 0.3 is 0 Å². The number of hydrogen-bond donors (Lipinski definition) is 0. The Hall–Kier alpha value is -0.120. The maximum atomic E-state index is 6.19. The molecule has 1 fully saturated rings. The highest BCUT2D eigenvalue weighted by Crippen LogP contribution is 2.48. The zero-order valence-electron chi connectivity index (χ0n) is 12.9. The highest BCUT2D eigenvalue weighted by molar-refractivity contribution is 7.09. The lowest BCUT2D eigenvalue weighted by atomic mass is 9.71. The van der Waals surface area contributed by atoms with Crippen molar-refractivity contribution in [1.29, 1.82) is 0 Å². The van der Waals surface area contributed by atoms with E-state index in [1.54, 1.807) is 11.3 Å². The number of rotatable bonds is 6. The van der Waals surface area contributed by atoms with Crippen LogP contribution in [0.5, 0.6) is 0 Å². The summed E-state index contributed by atoms with van der Waals surface area (Å²) in [4.78, 5) is 4.84. The molecule has 0 radical (unpaired) electrons. The molecule has 0 spiro atoms. The molecule has 20 heavy (non-hydrogen) atoms. The van der Waals surface area contributed by atoms with E-state index >= 15 is 0 Å². The normalized spacial score (nSPS) is 21.0. The summed E-state index contributed by atoms with van der Waals surface area (Å²) in [6, 6.07) is 0. The summed E-state index contributed by atoms with van der Waals surface area (Å²) >= 11 is 7.53. The van der Waals surface area contributed by atoms with Crippen molar-refractivity contribution in [3.63, 3.8) is 0 Å². The number of aromatic nitrogens is 1. The fourth-order valence-corrected chi connectivity index (χ4v) is 4.11. The summed E-state index contributed by atoms with van der Waals surface area (Å²) in [5, 5.41) is 3.36. The lowest BCUT2D eigenvalue weighted by Gasteiger charge is -2.42. The van der Waals surface area contributed by atoms with Crippen molar-refractivity contribution in [3.05, 3.63) is 16.1 Å². The Morgan fingerprint density at radius 1 is 1.30 bits per heavy atom. The molecule has 4 heteroatoms. The second-order valence-electron chi connectivity index (χ2n) is 6.53. The first kappa shape index (κ1) is 16.3. The zero-order chi connectivity index (χ0) is 14.6. The average molecular weight is 316 g/mol. The minimum absolute atomic E-state index is 0.131. The summed E-state index contributed by atoms with van der Waals surface area (Å²) in [6.07, 6.45) is 6.59. The fraction of sp³-hybridized carbons (Fsp3) is 0.812. The van der Waals surface area contributed by atoms with Crippen LogP contribution in [0, 0.1) is 5.41 Å². The molecule has 0 aliphatic heterocycles. The molecular formula is C16H26ClNOS. The van der Waals surface area contributed by atoms with Crippen molar-refractivity contribution >= 4 is 22.9 Å². The summed E-state index contributed by atoms with van der Waals surface area (Å²) in [7, 11) is 0. The van der Waals surface area contributed by atoms with Gasteiger partial charge in [-0.25, -0.2) is 4.98 Å². The van der Waals surface area contributed by atoms with Gasteiger partial charge in [0.2, 0.25) is 0 Å². The van der Waals surface area contributed by atoms with E-state index < -0.39 is 0 Å². The Labute approximate surface area is 131 Å². The van der Waals surface area contributed by atoms with Gasteiger partial charge < -0.3 is 4.74 Å². The lowest BCUT2D eigenvalue weighted by Crippen LogP contribution is -2.37. The van der Waals surface area contributed by atoms with Crippen LogP contribution in [-0.2, 0) is 16.8 Å². The molecule has 0 N–H and O–H groups in total. The molecule has 1 aliphatic rings. The predicted octanol–water partition coefficient (Wildman–Crippen LogP) is 5.15. The third kappa shape index (κ3) is 3.75. The minimum atomic E-state index is -0.131. The van der Waals surface area contributed by atoms with Crippen LogP contribution < -0.4 is 0 Å². The van der Waals surface area contributed by atoms with Crippen LogP contribution >= 0.6 is 22.9 Å². The molecule has 0 bridgehead atoms. The van der Waals surface area contributed by atoms with Crippen molar-refractivity contribution in [3.8, 4) is 0 Å². The molecule has 1 heterocycles. The van der Waals surface area contributed by atoms with Gasteiger partial charge in [-0.1, -0.05) is 13.8 Å². The Kier molecular flexibility index (Phi) is 5.49. The third-order valence-electron chi connectivity index (χ3n) is 4.34. The van der Waals surface area contributed by atoms with Crippen molar-refractivity contribution in [2.45, 2.75) is 64.9 Å². The molecule has 0 atom stereocenters. The van der Waals surface area contributed by atoms with E-state index in [0.717, 1.165) is 32.3 Å². The number of nitrogens with zero attached hydrogens (tertiary/aromatic N) is 1. The van der Waals surface area contributed by atoms with E-state index in [0.29, 0.717) is 11.3 Å². The summed E-state index contributed by atoms with van der Waals surface area (Å²) in [5.74, 6) is 0.706. The lowest BCUT2D eigenvalue weighted by molar-refractivity contribution is -0.0891. The van der Waals surface area contributed by atoms with Crippen molar-refractivity contribution in [2.75, 3.05) is 12.5 Å². The third-order valence-corrected chi connectivity index (χ3v) is 5.68. The first-order chi connectivity index (χ1) is 9.51. The average Bonchev–Trinajstić information content (AvgIpc) is 2.89. The monoisotopic (exact) mass is 315 g/mol. The van der Waals surface area contributed by atoms with Crippen LogP contribution in [0.1, 0.15) is 63.6 Å². The number of thiazole rings is 1. The minimum Gasteiger partial charge on any atom is -0.368 e. The topological polar surface area (TPSA) is 22.1 Å². The van der Waals surface area contributed by atoms with Crippen LogP contribution in [-0.4, -0.2) is 17.5 Å². The fourth-order valence-electron chi connectivity index (χ4n) is 2.91. The summed E-state index contributed by atoms with van der Waals surface area (Å²) < 4.78 is 6.19. The van der Waals surface area contributed by atoms with E-state index in [1.807, 2.05) is 0 Å². The summed E-state index contributed by atoms with van der Waals surface area (Å²) in [5.41, 5.74) is 1.49. The molecule has 1 aromatic heterocycles. The quantitative estimate of drug-likeness (QED) is 0.677. The van der Waals surface area contributed by atoms with Gasteiger partial charge in [0.15, 0.2) is 0 Å². The van der Waals surface area contributed by atoms with Crippen LogP contribution in [0.3, 0.4) is 0 Å². The van der Waals surface area contributed by atoms with Crippen molar-refractivity contribution in [1.82, 2.24) is 4.98 Å². The smallest absolute Gasteiger partial charge is 0.125 e. The maximum Gasteiger partial charge on any atom is 0.125 e. The molecule has 0 aromatic carbocycles. The molecule has 1 aromatic rings. The van der Waals surface area contributed by atoms with E-state index in [9.17, 15) is 0 Å². The molecule has 114 valence electrons. The van der Waals surface area contributed by atoms with Gasteiger partial charge in [0.1, 0.15) is 10.6 Å². The standard InChI is InChI=1S/C16H26ClNOS/c1-4-19-16(9-7-15(2,3)8-10-16)14-18-13(12-20-14)6-5-11-17/h12H,4-11H2,1-3H3. The number of hydrogen-bond acceptors (Lipinski definition) is 3. The molecule has 0 unspecified atom stereocenters. The SMILES string of the molecule is CCOC1(c2nc(CCCCl)cs2)CCC(C)(C)CC1. The Morgan fingerprint density at radius 2 is 2.00 bits per heavy atom. The number of ether oxygens (including phenoxy) is 1. The molecule has 2 rings (SSSR count). The van der Waals surface area contributed by atoms with E-state index in [-0.39, 0.29) is 5.60 Å². The van der Waals surface area contributed by atoms with E-state index in [4.69, 9.17) is 21.3 Å². The number of aryl methyl sites for hydroxylation is 1. The van der Waals surface area contributed by atoms with Gasteiger partial charge in [-0.15, -0.1) is 22.9 Å². The van der Waals surface area contributed by atoms with Crippen LogP contribution in [0.15, 0.2) is 5.38 Å². The molecular weight excluding hydrogens is 290 g/mol.